The number of benzene rings is 3. The molecule has 2 fully saturated rings. The SMILES string of the molecule is O=C(OCc1ccccc1)O[C@H]1CN(C(=O)OCc2ccccc2)[C@@H]2COC(c3ccccc3)O[C@H]2[C@@H]1O. The number of likely N-dealkylation sites (tertiary alicyclic amines) is 1. The molecule has 0 aliphatic carbocycles. The molecule has 0 bridgehead atoms. The Morgan fingerprint density at radius 2 is 1.42 bits per heavy atom. The zero-order valence-corrected chi connectivity index (χ0v) is 20.6. The Bertz CT molecular complexity index is 1190. The van der Waals surface area contributed by atoms with Gasteiger partial charge < -0.3 is 28.8 Å². The Balaban J connectivity index is 1.29. The number of aliphatic hydroxyl groups excluding tert-OH is 1. The first-order chi connectivity index (χ1) is 18.6. The lowest BCUT2D eigenvalue weighted by Gasteiger charge is -2.49. The fourth-order valence-corrected chi connectivity index (χ4v) is 4.56. The van der Waals surface area contributed by atoms with Gasteiger partial charge in [0.25, 0.3) is 0 Å². The maximum absolute atomic E-state index is 13.2. The minimum absolute atomic E-state index is 0.0117. The second kappa shape index (κ2) is 12.1. The average molecular weight is 520 g/mol. The normalized spacial score (nSPS) is 24.7. The second-order valence-electron chi connectivity index (χ2n) is 9.11. The zero-order valence-electron chi connectivity index (χ0n) is 20.6. The van der Waals surface area contributed by atoms with Crippen molar-refractivity contribution < 1.29 is 38.4 Å². The van der Waals surface area contributed by atoms with Crippen molar-refractivity contribution >= 4 is 12.2 Å². The third kappa shape index (κ3) is 6.13. The number of carbonyl (C=O) groups is 2. The molecule has 2 aliphatic rings. The summed E-state index contributed by atoms with van der Waals surface area (Å²) in [7, 11) is 0. The molecule has 3 aromatic rings. The largest absolute Gasteiger partial charge is 0.509 e. The van der Waals surface area contributed by atoms with Crippen LogP contribution in [0.25, 0.3) is 0 Å². The number of nitrogens with zero attached hydrogens (tertiary/aromatic N) is 1. The van der Waals surface area contributed by atoms with E-state index >= 15 is 0 Å². The first-order valence-electron chi connectivity index (χ1n) is 12.4. The molecule has 9 heteroatoms. The average Bonchev–Trinajstić information content (AvgIpc) is 2.97. The van der Waals surface area contributed by atoms with Crippen molar-refractivity contribution in [1.29, 1.82) is 0 Å². The number of rotatable bonds is 6. The summed E-state index contributed by atoms with van der Waals surface area (Å²) in [6, 6.07) is 27.1. The predicted octanol–water partition coefficient (Wildman–Crippen LogP) is 4.20. The number of carbonyl (C=O) groups excluding carboxylic acids is 2. The van der Waals surface area contributed by atoms with Crippen molar-refractivity contribution in [1.82, 2.24) is 4.90 Å². The number of fused-ring (bicyclic) bond motifs is 1. The smallest absolute Gasteiger partial charge is 0.445 e. The molecule has 1 N–H and O–H groups in total. The molecule has 2 heterocycles. The molecule has 198 valence electrons. The van der Waals surface area contributed by atoms with Crippen molar-refractivity contribution in [2.24, 2.45) is 0 Å². The summed E-state index contributed by atoms with van der Waals surface area (Å²) in [5.74, 6) is 0. The summed E-state index contributed by atoms with van der Waals surface area (Å²) in [5.41, 5.74) is 2.38. The van der Waals surface area contributed by atoms with Gasteiger partial charge in [0.15, 0.2) is 12.4 Å². The third-order valence-corrected chi connectivity index (χ3v) is 6.53. The molecule has 0 spiro atoms. The van der Waals surface area contributed by atoms with Gasteiger partial charge in [-0.25, -0.2) is 9.59 Å². The monoisotopic (exact) mass is 519 g/mol. The molecule has 2 aliphatic heterocycles. The molecule has 5 rings (SSSR count). The van der Waals surface area contributed by atoms with Crippen molar-refractivity contribution in [2.45, 2.75) is 43.9 Å². The number of piperidine rings is 1. The molecular weight excluding hydrogens is 490 g/mol. The van der Waals surface area contributed by atoms with Crippen molar-refractivity contribution in [3.8, 4) is 0 Å². The van der Waals surface area contributed by atoms with E-state index < -0.39 is 42.9 Å². The highest BCUT2D eigenvalue weighted by Crippen LogP contribution is 2.34. The van der Waals surface area contributed by atoms with Gasteiger partial charge in [-0.2, -0.15) is 0 Å². The lowest BCUT2D eigenvalue weighted by molar-refractivity contribution is -0.284. The lowest BCUT2D eigenvalue weighted by Crippen LogP contribution is -2.67. The van der Waals surface area contributed by atoms with E-state index in [-0.39, 0.29) is 26.4 Å². The number of hydrogen-bond acceptors (Lipinski definition) is 8. The summed E-state index contributed by atoms with van der Waals surface area (Å²) in [4.78, 5) is 27.1. The fraction of sp³-hybridized carbons (Fsp3) is 0.310. The third-order valence-electron chi connectivity index (χ3n) is 6.53. The molecule has 3 aromatic carbocycles. The highest BCUT2D eigenvalue weighted by Gasteiger charge is 2.51. The van der Waals surface area contributed by atoms with Crippen LogP contribution in [0.15, 0.2) is 91.0 Å². The number of aliphatic hydroxyl groups is 1. The van der Waals surface area contributed by atoms with Crippen LogP contribution in [-0.2, 0) is 36.9 Å². The Hall–Kier alpha value is -3.92. The van der Waals surface area contributed by atoms with Gasteiger partial charge in [0.1, 0.15) is 25.4 Å². The summed E-state index contributed by atoms with van der Waals surface area (Å²) >= 11 is 0. The number of hydrogen-bond donors (Lipinski definition) is 1. The topological polar surface area (TPSA) is 104 Å². The van der Waals surface area contributed by atoms with E-state index in [0.717, 1.165) is 16.7 Å². The lowest BCUT2D eigenvalue weighted by atomic mass is 9.93. The molecule has 0 saturated carbocycles. The van der Waals surface area contributed by atoms with Crippen molar-refractivity contribution in [3.63, 3.8) is 0 Å². The van der Waals surface area contributed by atoms with Crippen molar-refractivity contribution in [2.75, 3.05) is 13.2 Å². The summed E-state index contributed by atoms with van der Waals surface area (Å²) in [6.07, 6.45) is -5.55. The number of amides is 1. The standard InChI is InChI=1S/C29H29NO8/c31-25-24(37-29(33)36-18-21-12-6-2-7-13-21)16-30(28(32)35-17-20-10-4-1-5-11-20)23-19-34-27(38-26(23)25)22-14-8-3-9-15-22/h1-15,23-27,31H,16-19H2/t23-,24+,25-,26-,27?/m1/s1. The van der Waals surface area contributed by atoms with Crippen LogP contribution in [0.1, 0.15) is 23.0 Å². The molecule has 9 nitrogen and oxygen atoms in total. The fourth-order valence-electron chi connectivity index (χ4n) is 4.56. The minimum Gasteiger partial charge on any atom is -0.445 e. The summed E-state index contributed by atoms with van der Waals surface area (Å²) in [6.45, 7) is 0.0684. The van der Waals surface area contributed by atoms with E-state index in [4.69, 9.17) is 23.7 Å². The highest BCUT2D eigenvalue weighted by molar-refractivity contribution is 5.69. The van der Waals surface area contributed by atoms with E-state index in [1.807, 2.05) is 91.0 Å². The Labute approximate surface area is 220 Å². The van der Waals surface area contributed by atoms with E-state index in [1.165, 1.54) is 4.90 Å². The molecule has 0 radical (unpaired) electrons. The van der Waals surface area contributed by atoms with E-state index in [0.29, 0.717) is 0 Å². The van der Waals surface area contributed by atoms with E-state index in [9.17, 15) is 14.7 Å². The first kappa shape index (κ1) is 25.7. The molecule has 1 amide bonds. The molecule has 0 aromatic heterocycles. The summed E-state index contributed by atoms with van der Waals surface area (Å²) in [5, 5.41) is 11.2. The van der Waals surface area contributed by atoms with Gasteiger partial charge in [-0.15, -0.1) is 0 Å². The minimum atomic E-state index is -1.22. The Kier molecular flexibility index (Phi) is 8.18. The van der Waals surface area contributed by atoms with Gasteiger partial charge in [-0.3, -0.25) is 4.90 Å². The zero-order chi connectivity index (χ0) is 26.3. The van der Waals surface area contributed by atoms with Crippen LogP contribution < -0.4 is 0 Å². The first-order valence-corrected chi connectivity index (χ1v) is 12.4. The van der Waals surface area contributed by atoms with Gasteiger partial charge in [0, 0.05) is 5.56 Å². The maximum atomic E-state index is 13.2. The van der Waals surface area contributed by atoms with Gasteiger partial charge in [0.2, 0.25) is 0 Å². The summed E-state index contributed by atoms with van der Waals surface area (Å²) < 4.78 is 28.3. The van der Waals surface area contributed by atoms with Gasteiger partial charge in [-0.1, -0.05) is 91.0 Å². The van der Waals surface area contributed by atoms with Gasteiger partial charge >= 0.3 is 12.2 Å². The van der Waals surface area contributed by atoms with Gasteiger partial charge in [-0.05, 0) is 11.1 Å². The van der Waals surface area contributed by atoms with Crippen LogP contribution in [0.2, 0.25) is 0 Å². The van der Waals surface area contributed by atoms with Crippen LogP contribution in [0, 0.1) is 0 Å². The number of ether oxygens (including phenoxy) is 5. The van der Waals surface area contributed by atoms with Crippen LogP contribution >= 0.6 is 0 Å². The van der Waals surface area contributed by atoms with Gasteiger partial charge in [0.05, 0.1) is 19.2 Å². The molecule has 5 atom stereocenters. The maximum Gasteiger partial charge on any atom is 0.509 e. The second-order valence-corrected chi connectivity index (χ2v) is 9.11. The van der Waals surface area contributed by atoms with Crippen LogP contribution in [-0.4, -0.2) is 59.8 Å². The Morgan fingerprint density at radius 1 is 0.842 bits per heavy atom. The van der Waals surface area contributed by atoms with Crippen LogP contribution in [0.5, 0.6) is 0 Å². The van der Waals surface area contributed by atoms with Crippen LogP contribution in [0.4, 0.5) is 9.59 Å². The van der Waals surface area contributed by atoms with Crippen LogP contribution in [0.3, 0.4) is 0 Å². The molecule has 38 heavy (non-hydrogen) atoms. The Morgan fingerprint density at radius 3 is 2.05 bits per heavy atom. The molecule has 2 saturated heterocycles. The van der Waals surface area contributed by atoms with Crippen molar-refractivity contribution in [3.05, 3.63) is 108 Å². The predicted molar refractivity (Wildman–Crippen MR) is 135 cm³/mol. The highest BCUT2D eigenvalue weighted by atomic mass is 16.7. The van der Waals surface area contributed by atoms with E-state index in [2.05, 4.69) is 0 Å². The quantitative estimate of drug-likeness (QED) is 0.484. The molecule has 1 unspecified atom stereocenters. The van der Waals surface area contributed by atoms with E-state index in [1.54, 1.807) is 0 Å². The molecular formula is C29H29NO8.